The van der Waals surface area contributed by atoms with Gasteiger partial charge in [-0.1, -0.05) is 24.3 Å². The molecule has 1 aromatic carbocycles. The molecule has 5 rings (SSSR count). The quantitative estimate of drug-likeness (QED) is 0.689. The molecule has 0 radical (unpaired) electrons. The molecule has 2 aliphatic heterocycles. The molecule has 146 valence electrons. The van der Waals surface area contributed by atoms with Crippen molar-refractivity contribution in [1.82, 2.24) is 15.2 Å². The van der Waals surface area contributed by atoms with Gasteiger partial charge in [-0.3, -0.25) is 4.79 Å². The average Bonchev–Trinajstić information content (AvgIpc) is 3.24. The van der Waals surface area contributed by atoms with Crippen LogP contribution in [0.15, 0.2) is 60.8 Å². The molecule has 4 heterocycles. The van der Waals surface area contributed by atoms with Gasteiger partial charge in [0, 0.05) is 44.6 Å². The van der Waals surface area contributed by atoms with E-state index in [-0.39, 0.29) is 5.91 Å². The molecule has 7 nitrogen and oxygen atoms in total. The van der Waals surface area contributed by atoms with E-state index >= 15 is 0 Å². The van der Waals surface area contributed by atoms with Gasteiger partial charge in [-0.15, -0.1) is 10.2 Å². The third-order valence-corrected chi connectivity index (χ3v) is 5.58. The SMILES string of the molecule is O=C(c1ccc(N2CCN(c3ccccn3)CC2)nn1)N1CCc2ccccc21. The first-order valence-corrected chi connectivity index (χ1v) is 9.94. The fourth-order valence-corrected chi connectivity index (χ4v) is 4.00. The molecule has 1 fully saturated rings. The van der Waals surface area contributed by atoms with E-state index in [4.69, 9.17) is 0 Å². The molecular formula is C22H22N6O. The predicted molar refractivity (Wildman–Crippen MR) is 113 cm³/mol. The highest BCUT2D eigenvalue weighted by Gasteiger charge is 2.26. The van der Waals surface area contributed by atoms with Gasteiger partial charge >= 0.3 is 0 Å². The molecule has 0 unspecified atom stereocenters. The minimum atomic E-state index is -0.0889. The van der Waals surface area contributed by atoms with Gasteiger partial charge < -0.3 is 14.7 Å². The van der Waals surface area contributed by atoms with Crippen molar-refractivity contribution in [3.8, 4) is 0 Å². The Labute approximate surface area is 169 Å². The molecule has 1 saturated heterocycles. The number of benzene rings is 1. The Morgan fingerprint density at radius 1 is 0.759 bits per heavy atom. The van der Waals surface area contributed by atoms with Gasteiger partial charge in [0.25, 0.3) is 5.91 Å². The monoisotopic (exact) mass is 386 g/mol. The minimum Gasteiger partial charge on any atom is -0.353 e. The van der Waals surface area contributed by atoms with Crippen LogP contribution < -0.4 is 14.7 Å². The van der Waals surface area contributed by atoms with Crippen molar-refractivity contribution in [2.45, 2.75) is 6.42 Å². The van der Waals surface area contributed by atoms with E-state index in [1.165, 1.54) is 5.56 Å². The predicted octanol–water partition coefficient (Wildman–Crippen LogP) is 2.40. The number of nitrogens with zero attached hydrogens (tertiary/aromatic N) is 6. The highest BCUT2D eigenvalue weighted by molar-refractivity contribution is 6.06. The molecular weight excluding hydrogens is 364 g/mol. The summed E-state index contributed by atoms with van der Waals surface area (Å²) in [5.74, 6) is 1.73. The zero-order valence-corrected chi connectivity index (χ0v) is 16.1. The summed E-state index contributed by atoms with van der Waals surface area (Å²) < 4.78 is 0. The van der Waals surface area contributed by atoms with E-state index in [0.29, 0.717) is 12.2 Å². The summed E-state index contributed by atoms with van der Waals surface area (Å²) in [5, 5.41) is 8.58. The van der Waals surface area contributed by atoms with Crippen molar-refractivity contribution in [3.63, 3.8) is 0 Å². The first kappa shape index (κ1) is 17.6. The number of aromatic nitrogens is 3. The van der Waals surface area contributed by atoms with Gasteiger partial charge in [0.2, 0.25) is 0 Å². The normalized spacial score (nSPS) is 16.1. The second kappa shape index (κ2) is 7.50. The number of carbonyl (C=O) groups is 1. The van der Waals surface area contributed by atoms with Crippen LogP contribution in [-0.4, -0.2) is 53.8 Å². The number of anilines is 3. The van der Waals surface area contributed by atoms with Crippen LogP contribution in [-0.2, 0) is 6.42 Å². The third-order valence-electron chi connectivity index (χ3n) is 5.58. The number of pyridine rings is 1. The van der Waals surface area contributed by atoms with Crippen molar-refractivity contribution in [2.75, 3.05) is 47.4 Å². The number of para-hydroxylation sites is 1. The van der Waals surface area contributed by atoms with Crippen LogP contribution in [0.1, 0.15) is 16.1 Å². The first-order valence-electron chi connectivity index (χ1n) is 9.94. The molecule has 0 aliphatic carbocycles. The van der Waals surface area contributed by atoms with E-state index in [0.717, 1.165) is 49.9 Å². The van der Waals surface area contributed by atoms with Gasteiger partial charge in [0.05, 0.1) is 0 Å². The molecule has 0 atom stereocenters. The van der Waals surface area contributed by atoms with Crippen molar-refractivity contribution in [2.24, 2.45) is 0 Å². The number of piperazine rings is 1. The molecule has 7 heteroatoms. The highest BCUT2D eigenvalue weighted by Crippen LogP contribution is 2.28. The molecule has 29 heavy (non-hydrogen) atoms. The Hall–Kier alpha value is -3.48. The lowest BCUT2D eigenvalue weighted by molar-refractivity contribution is 0.0983. The Morgan fingerprint density at radius 3 is 2.24 bits per heavy atom. The number of fused-ring (bicyclic) bond motifs is 1. The fraction of sp³-hybridized carbons (Fsp3) is 0.273. The lowest BCUT2D eigenvalue weighted by Crippen LogP contribution is -2.47. The van der Waals surface area contributed by atoms with E-state index in [9.17, 15) is 4.79 Å². The van der Waals surface area contributed by atoms with Crippen LogP contribution >= 0.6 is 0 Å². The minimum absolute atomic E-state index is 0.0889. The standard InChI is InChI=1S/C22H22N6O/c29-22(28-12-10-17-5-1-2-6-19(17)28)18-8-9-21(25-24-18)27-15-13-26(14-16-27)20-7-3-4-11-23-20/h1-9,11H,10,12-16H2. The largest absolute Gasteiger partial charge is 0.353 e. The maximum Gasteiger partial charge on any atom is 0.278 e. The molecule has 0 N–H and O–H groups in total. The number of carbonyl (C=O) groups excluding carboxylic acids is 1. The molecule has 3 aromatic rings. The van der Waals surface area contributed by atoms with Crippen LogP contribution in [0.25, 0.3) is 0 Å². The van der Waals surface area contributed by atoms with Gasteiger partial charge in [0.1, 0.15) is 5.82 Å². The zero-order chi connectivity index (χ0) is 19.6. The van der Waals surface area contributed by atoms with E-state index < -0.39 is 0 Å². The van der Waals surface area contributed by atoms with Gasteiger partial charge in [0.15, 0.2) is 11.5 Å². The summed E-state index contributed by atoms with van der Waals surface area (Å²) in [5.41, 5.74) is 2.57. The van der Waals surface area contributed by atoms with Gasteiger partial charge in [-0.25, -0.2) is 4.98 Å². The summed E-state index contributed by atoms with van der Waals surface area (Å²) >= 11 is 0. The average molecular weight is 386 g/mol. The second-order valence-corrected chi connectivity index (χ2v) is 7.27. The molecule has 2 aliphatic rings. The Balaban J connectivity index is 1.25. The van der Waals surface area contributed by atoms with Crippen LogP contribution in [0, 0.1) is 0 Å². The van der Waals surface area contributed by atoms with E-state index in [1.54, 1.807) is 11.0 Å². The van der Waals surface area contributed by atoms with E-state index in [1.807, 2.05) is 48.7 Å². The maximum absolute atomic E-state index is 12.9. The number of hydrogen-bond acceptors (Lipinski definition) is 6. The van der Waals surface area contributed by atoms with Crippen molar-refractivity contribution in [1.29, 1.82) is 0 Å². The first-order chi connectivity index (χ1) is 14.3. The van der Waals surface area contributed by atoms with Crippen LogP contribution in [0.2, 0.25) is 0 Å². The maximum atomic E-state index is 12.9. The second-order valence-electron chi connectivity index (χ2n) is 7.27. The van der Waals surface area contributed by atoms with Crippen molar-refractivity contribution in [3.05, 3.63) is 72.1 Å². The molecule has 1 amide bonds. The van der Waals surface area contributed by atoms with Crippen LogP contribution in [0.3, 0.4) is 0 Å². The smallest absolute Gasteiger partial charge is 0.278 e. The van der Waals surface area contributed by atoms with Gasteiger partial charge in [-0.05, 0) is 42.3 Å². The lowest BCUT2D eigenvalue weighted by atomic mass is 10.2. The number of rotatable bonds is 3. The zero-order valence-electron chi connectivity index (χ0n) is 16.1. The van der Waals surface area contributed by atoms with Gasteiger partial charge in [-0.2, -0.15) is 0 Å². The fourth-order valence-electron chi connectivity index (χ4n) is 4.00. The van der Waals surface area contributed by atoms with E-state index in [2.05, 4.69) is 31.0 Å². The van der Waals surface area contributed by atoms with Crippen LogP contribution in [0.4, 0.5) is 17.3 Å². The summed E-state index contributed by atoms with van der Waals surface area (Å²) in [6.07, 6.45) is 2.70. The number of amides is 1. The summed E-state index contributed by atoms with van der Waals surface area (Å²) in [6, 6.07) is 17.7. The Morgan fingerprint density at radius 2 is 1.52 bits per heavy atom. The third kappa shape index (κ3) is 3.40. The summed E-state index contributed by atoms with van der Waals surface area (Å²) in [7, 11) is 0. The molecule has 0 saturated carbocycles. The molecule has 0 spiro atoms. The topological polar surface area (TPSA) is 65.5 Å². The Kier molecular flexibility index (Phi) is 4.56. The molecule has 2 aromatic heterocycles. The van der Waals surface area contributed by atoms with Crippen molar-refractivity contribution < 1.29 is 4.79 Å². The van der Waals surface area contributed by atoms with Crippen molar-refractivity contribution >= 4 is 23.2 Å². The summed E-state index contributed by atoms with van der Waals surface area (Å²) in [4.78, 5) is 23.6. The van der Waals surface area contributed by atoms with Crippen LogP contribution in [0.5, 0.6) is 0 Å². The highest BCUT2D eigenvalue weighted by atomic mass is 16.2. The lowest BCUT2D eigenvalue weighted by Gasteiger charge is -2.35. The Bertz CT molecular complexity index is 999. The molecule has 0 bridgehead atoms. The summed E-state index contributed by atoms with van der Waals surface area (Å²) in [6.45, 7) is 4.14. The number of hydrogen-bond donors (Lipinski definition) is 0.